The molecule has 1 aliphatic carbocycles. The molecule has 0 amide bonds. The summed E-state index contributed by atoms with van der Waals surface area (Å²) < 4.78 is 0. The summed E-state index contributed by atoms with van der Waals surface area (Å²) in [6.45, 7) is 0. The highest BCUT2D eigenvalue weighted by molar-refractivity contribution is 7.08. The van der Waals surface area contributed by atoms with Crippen molar-refractivity contribution in [2.24, 2.45) is 5.92 Å². The fourth-order valence-electron chi connectivity index (χ4n) is 2.07. The molecule has 0 unspecified atom stereocenters. The van der Waals surface area contributed by atoms with Crippen LogP contribution in [-0.2, 0) is 4.79 Å². The summed E-state index contributed by atoms with van der Waals surface area (Å²) in [5.41, 5.74) is 1.32. The summed E-state index contributed by atoms with van der Waals surface area (Å²) >= 11 is 1.54. The van der Waals surface area contributed by atoms with Crippen LogP contribution in [0.25, 0.3) is 5.57 Å². The summed E-state index contributed by atoms with van der Waals surface area (Å²) in [5, 5.41) is 13.0. The van der Waals surface area contributed by atoms with Gasteiger partial charge in [0, 0.05) is 0 Å². The number of carboxylic acid groups (broad SMARTS) is 1. The van der Waals surface area contributed by atoms with Crippen molar-refractivity contribution < 1.29 is 9.90 Å². The highest BCUT2D eigenvalue weighted by Gasteiger charge is 2.17. The minimum Gasteiger partial charge on any atom is -0.478 e. The molecule has 1 N–H and O–H groups in total. The van der Waals surface area contributed by atoms with E-state index in [1.165, 1.54) is 24.2 Å². The molecule has 2 rings (SSSR count). The molecule has 80 valence electrons. The Bertz CT molecular complexity index is 359. The van der Waals surface area contributed by atoms with Gasteiger partial charge in [-0.25, -0.2) is 4.79 Å². The molecule has 0 atom stereocenters. The minimum atomic E-state index is -0.805. The van der Waals surface area contributed by atoms with Crippen molar-refractivity contribution in [1.82, 2.24) is 0 Å². The monoisotopic (exact) mass is 222 g/mol. The van der Waals surface area contributed by atoms with E-state index < -0.39 is 5.97 Å². The number of hydrogen-bond acceptors (Lipinski definition) is 2. The number of rotatable bonds is 3. The van der Waals surface area contributed by atoms with E-state index in [9.17, 15) is 4.79 Å². The van der Waals surface area contributed by atoms with Crippen LogP contribution in [0.15, 0.2) is 22.9 Å². The Morgan fingerprint density at radius 3 is 2.73 bits per heavy atom. The minimum absolute atomic E-state index is 0.469. The molecule has 3 heteroatoms. The van der Waals surface area contributed by atoms with Crippen LogP contribution in [-0.4, -0.2) is 11.1 Å². The summed E-state index contributed by atoms with van der Waals surface area (Å²) in [6, 6.07) is 1.87. The van der Waals surface area contributed by atoms with Gasteiger partial charge >= 0.3 is 5.97 Å². The second-order valence-electron chi connectivity index (χ2n) is 3.94. The molecular weight excluding hydrogens is 208 g/mol. The maximum atomic E-state index is 11.1. The van der Waals surface area contributed by atoms with E-state index in [1.54, 1.807) is 0 Å². The third-order valence-electron chi connectivity index (χ3n) is 2.86. The summed E-state index contributed by atoms with van der Waals surface area (Å²) in [7, 11) is 0. The molecular formula is C12H14O2S. The quantitative estimate of drug-likeness (QED) is 0.796. The lowest BCUT2D eigenvalue weighted by Gasteiger charge is -2.04. The normalized spacial score (nSPS) is 18.3. The largest absolute Gasteiger partial charge is 0.478 e. The molecule has 1 heterocycles. The molecule has 0 aromatic carbocycles. The molecule has 1 aliphatic rings. The predicted molar refractivity (Wildman–Crippen MR) is 61.9 cm³/mol. The van der Waals surface area contributed by atoms with Crippen LogP contribution in [0.1, 0.15) is 31.2 Å². The van der Waals surface area contributed by atoms with Crippen LogP contribution in [0.3, 0.4) is 0 Å². The van der Waals surface area contributed by atoms with Crippen LogP contribution in [0.5, 0.6) is 0 Å². The molecule has 1 fully saturated rings. The van der Waals surface area contributed by atoms with E-state index in [1.807, 2.05) is 22.9 Å². The van der Waals surface area contributed by atoms with Gasteiger partial charge in [-0.3, -0.25) is 0 Å². The van der Waals surface area contributed by atoms with Crippen LogP contribution in [0, 0.1) is 5.92 Å². The van der Waals surface area contributed by atoms with Crippen molar-refractivity contribution in [3.63, 3.8) is 0 Å². The molecule has 1 saturated carbocycles. The van der Waals surface area contributed by atoms with Crippen molar-refractivity contribution in [2.75, 3.05) is 0 Å². The van der Waals surface area contributed by atoms with Crippen molar-refractivity contribution in [1.29, 1.82) is 0 Å². The topological polar surface area (TPSA) is 37.3 Å². The number of aliphatic carboxylic acids is 1. The van der Waals surface area contributed by atoms with E-state index in [0.717, 1.165) is 18.4 Å². The Labute approximate surface area is 93.3 Å². The molecule has 2 nitrogen and oxygen atoms in total. The van der Waals surface area contributed by atoms with Crippen LogP contribution >= 0.6 is 11.3 Å². The Morgan fingerprint density at radius 1 is 1.47 bits per heavy atom. The van der Waals surface area contributed by atoms with Crippen molar-refractivity contribution in [3.05, 3.63) is 28.5 Å². The number of hydrogen-bond donors (Lipinski definition) is 1. The van der Waals surface area contributed by atoms with Gasteiger partial charge in [0.05, 0.1) is 5.57 Å². The van der Waals surface area contributed by atoms with Crippen molar-refractivity contribution in [3.8, 4) is 0 Å². The first kappa shape index (κ1) is 10.4. The molecule has 0 bridgehead atoms. The fourth-order valence-corrected chi connectivity index (χ4v) is 2.72. The zero-order chi connectivity index (χ0) is 10.7. The zero-order valence-electron chi connectivity index (χ0n) is 8.48. The van der Waals surface area contributed by atoms with E-state index in [0.29, 0.717) is 11.5 Å². The van der Waals surface area contributed by atoms with Crippen LogP contribution in [0.2, 0.25) is 0 Å². The van der Waals surface area contributed by atoms with Gasteiger partial charge < -0.3 is 5.11 Å². The highest BCUT2D eigenvalue weighted by Crippen LogP contribution is 2.29. The number of allylic oxidation sites excluding steroid dienone is 1. The first-order chi connectivity index (χ1) is 7.27. The average molecular weight is 222 g/mol. The molecule has 0 saturated heterocycles. The Kier molecular flexibility index (Phi) is 3.21. The maximum Gasteiger partial charge on any atom is 0.336 e. The van der Waals surface area contributed by atoms with E-state index >= 15 is 0 Å². The summed E-state index contributed by atoms with van der Waals surface area (Å²) in [5.74, 6) is -0.337. The predicted octanol–water partition coefficient (Wildman–Crippen LogP) is 3.41. The number of carboxylic acids is 1. The second-order valence-corrected chi connectivity index (χ2v) is 4.72. The highest BCUT2D eigenvalue weighted by atomic mass is 32.1. The smallest absolute Gasteiger partial charge is 0.336 e. The molecule has 0 spiro atoms. The Morgan fingerprint density at radius 2 is 2.20 bits per heavy atom. The van der Waals surface area contributed by atoms with E-state index in [-0.39, 0.29) is 0 Å². The SMILES string of the molecule is O=C(O)C(=CC1CCCC1)c1ccsc1. The summed E-state index contributed by atoms with van der Waals surface area (Å²) in [4.78, 5) is 11.1. The van der Waals surface area contributed by atoms with Gasteiger partial charge in [0.1, 0.15) is 0 Å². The van der Waals surface area contributed by atoms with Gasteiger partial charge in [-0.2, -0.15) is 11.3 Å². The molecule has 0 aliphatic heterocycles. The van der Waals surface area contributed by atoms with Gasteiger partial charge in [0.2, 0.25) is 0 Å². The molecule has 1 aromatic heterocycles. The Hall–Kier alpha value is -1.09. The van der Waals surface area contributed by atoms with Gasteiger partial charge in [0.25, 0.3) is 0 Å². The van der Waals surface area contributed by atoms with Gasteiger partial charge in [-0.1, -0.05) is 18.9 Å². The molecule has 0 radical (unpaired) electrons. The summed E-state index contributed by atoms with van der Waals surface area (Å²) in [6.07, 6.45) is 6.69. The molecule has 1 aromatic rings. The zero-order valence-corrected chi connectivity index (χ0v) is 9.30. The standard InChI is InChI=1S/C12H14O2S/c13-12(14)11(10-5-6-15-8-10)7-9-3-1-2-4-9/h5-9H,1-4H2,(H,13,14). The van der Waals surface area contributed by atoms with Crippen molar-refractivity contribution in [2.45, 2.75) is 25.7 Å². The number of carbonyl (C=O) groups is 1. The first-order valence-corrected chi connectivity index (χ1v) is 6.19. The van der Waals surface area contributed by atoms with Gasteiger partial charge in [0.15, 0.2) is 0 Å². The average Bonchev–Trinajstić information content (AvgIpc) is 2.87. The third kappa shape index (κ3) is 2.48. The van der Waals surface area contributed by atoms with Crippen LogP contribution in [0.4, 0.5) is 0 Å². The lowest BCUT2D eigenvalue weighted by Crippen LogP contribution is -2.01. The van der Waals surface area contributed by atoms with E-state index in [4.69, 9.17) is 5.11 Å². The van der Waals surface area contributed by atoms with Gasteiger partial charge in [-0.15, -0.1) is 0 Å². The van der Waals surface area contributed by atoms with E-state index in [2.05, 4.69) is 0 Å². The number of thiophene rings is 1. The Balaban J connectivity index is 2.23. The third-order valence-corrected chi connectivity index (χ3v) is 3.55. The molecule has 15 heavy (non-hydrogen) atoms. The van der Waals surface area contributed by atoms with Crippen LogP contribution < -0.4 is 0 Å². The first-order valence-electron chi connectivity index (χ1n) is 5.25. The van der Waals surface area contributed by atoms with Crippen molar-refractivity contribution >= 4 is 22.9 Å². The lowest BCUT2D eigenvalue weighted by atomic mass is 10.0. The second kappa shape index (κ2) is 4.62. The van der Waals surface area contributed by atoms with Gasteiger partial charge in [-0.05, 0) is 41.1 Å². The fraction of sp³-hybridized carbons (Fsp3) is 0.417. The maximum absolute atomic E-state index is 11.1. The lowest BCUT2D eigenvalue weighted by molar-refractivity contribution is -0.130.